The highest BCUT2D eigenvalue weighted by Crippen LogP contribution is 2.12. The van der Waals surface area contributed by atoms with E-state index in [1.807, 2.05) is 37.3 Å². The van der Waals surface area contributed by atoms with Crippen molar-refractivity contribution in [3.05, 3.63) is 48.2 Å². The summed E-state index contributed by atoms with van der Waals surface area (Å²) < 4.78 is 5.45. The average molecular weight is 342 g/mol. The van der Waals surface area contributed by atoms with Gasteiger partial charge in [-0.3, -0.25) is 4.79 Å². The van der Waals surface area contributed by atoms with E-state index >= 15 is 0 Å². The first-order valence-electron chi connectivity index (χ1n) is 8.37. The van der Waals surface area contributed by atoms with Crippen LogP contribution in [0.25, 0.3) is 0 Å². The summed E-state index contributed by atoms with van der Waals surface area (Å²) in [6, 6.07) is 11.3. The van der Waals surface area contributed by atoms with Crippen molar-refractivity contribution >= 4 is 17.4 Å². The Hall–Kier alpha value is -2.60. The molecule has 0 bridgehead atoms. The number of pyridine rings is 1. The summed E-state index contributed by atoms with van der Waals surface area (Å²) in [4.78, 5) is 18.3. The van der Waals surface area contributed by atoms with Crippen molar-refractivity contribution in [3.63, 3.8) is 0 Å². The lowest BCUT2D eigenvalue weighted by atomic mass is 10.2. The van der Waals surface area contributed by atoms with E-state index in [0.29, 0.717) is 11.6 Å². The Bertz CT molecular complexity index is 654. The Kier molecular flexibility index (Phi) is 7.22. The predicted octanol–water partition coefficient (Wildman–Crippen LogP) is 2.77. The van der Waals surface area contributed by atoms with E-state index in [0.717, 1.165) is 30.8 Å². The van der Waals surface area contributed by atoms with Crippen molar-refractivity contribution in [2.24, 2.45) is 0 Å². The number of rotatable bonds is 9. The SMILES string of the molecule is Cc1ccc(OCC(=O)Nc2ccc(NCCCN(C)C)cn2)cc1. The Balaban J connectivity index is 1.72. The zero-order chi connectivity index (χ0) is 18.1. The van der Waals surface area contributed by atoms with E-state index in [2.05, 4.69) is 34.6 Å². The van der Waals surface area contributed by atoms with Crippen molar-refractivity contribution in [1.29, 1.82) is 0 Å². The van der Waals surface area contributed by atoms with Crippen molar-refractivity contribution in [1.82, 2.24) is 9.88 Å². The molecule has 134 valence electrons. The number of benzene rings is 1. The summed E-state index contributed by atoms with van der Waals surface area (Å²) in [5.41, 5.74) is 2.09. The molecule has 0 aliphatic heterocycles. The van der Waals surface area contributed by atoms with Crippen molar-refractivity contribution in [2.45, 2.75) is 13.3 Å². The van der Waals surface area contributed by atoms with Crippen LogP contribution in [0.3, 0.4) is 0 Å². The molecule has 2 aromatic rings. The number of carbonyl (C=O) groups excluding carboxylic acids is 1. The van der Waals surface area contributed by atoms with E-state index in [-0.39, 0.29) is 12.5 Å². The summed E-state index contributed by atoms with van der Waals surface area (Å²) in [5.74, 6) is 0.946. The Labute approximate surface area is 149 Å². The third kappa shape index (κ3) is 7.22. The second kappa shape index (κ2) is 9.64. The molecule has 0 radical (unpaired) electrons. The molecule has 2 rings (SSSR count). The average Bonchev–Trinajstić information content (AvgIpc) is 2.59. The van der Waals surface area contributed by atoms with E-state index in [9.17, 15) is 4.79 Å². The molecule has 0 spiro atoms. The number of hydrogen-bond donors (Lipinski definition) is 2. The van der Waals surface area contributed by atoms with Crippen molar-refractivity contribution in [2.75, 3.05) is 44.4 Å². The van der Waals surface area contributed by atoms with Crippen LogP contribution in [-0.2, 0) is 4.79 Å². The van der Waals surface area contributed by atoms with Crippen molar-refractivity contribution < 1.29 is 9.53 Å². The maximum Gasteiger partial charge on any atom is 0.263 e. The fraction of sp³-hybridized carbons (Fsp3) is 0.368. The van der Waals surface area contributed by atoms with Crippen LogP contribution in [0.2, 0.25) is 0 Å². The highest BCUT2D eigenvalue weighted by atomic mass is 16.5. The van der Waals surface area contributed by atoms with Gasteiger partial charge < -0.3 is 20.3 Å². The number of carbonyl (C=O) groups is 1. The third-order valence-corrected chi connectivity index (χ3v) is 3.53. The number of anilines is 2. The number of aryl methyl sites for hydroxylation is 1. The van der Waals surface area contributed by atoms with Crippen molar-refractivity contribution in [3.8, 4) is 5.75 Å². The van der Waals surface area contributed by atoms with Gasteiger partial charge >= 0.3 is 0 Å². The molecule has 0 unspecified atom stereocenters. The van der Waals surface area contributed by atoms with Crippen LogP contribution < -0.4 is 15.4 Å². The number of aromatic nitrogens is 1. The highest BCUT2D eigenvalue weighted by molar-refractivity contribution is 5.91. The number of amides is 1. The van der Waals surface area contributed by atoms with Gasteiger partial charge in [-0.2, -0.15) is 0 Å². The first kappa shape index (κ1) is 18.7. The maximum atomic E-state index is 11.9. The normalized spacial score (nSPS) is 10.6. The molecular formula is C19H26N4O2. The molecule has 1 aromatic carbocycles. The zero-order valence-corrected chi connectivity index (χ0v) is 15.1. The van der Waals surface area contributed by atoms with E-state index < -0.39 is 0 Å². The molecule has 6 nitrogen and oxygen atoms in total. The first-order chi connectivity index (χ1) is 12.0. The lowest BCUT2D eigenvalue weighted by Crippen LogP contribution is -2.20. The summed E-state index contributed by atoms with van der Waals surface area (Å²) in [5, 5.41) is 6.03. The van der Waals surface area contributed by atoms with Crippen LogP contribution in [0.15, 0.2) is 42.6 Å². The molecule has 6 heteroatoms. The second-order valence-electron chi connectivity index (χ2n) is 6.17. The lowest BCUT2D eigenvalue weighted by molar-refractivity contribution is -0.118. The molecule has 1 aromatic heterocycles. The minimum Gasteiger partial charge on any atom is -0.484 e. The molecule has 25 heavy (non-hydrogen) atoms. The fourth-order valence-corrected chi connectivity index (χ4v) is 2.16. The van der Waals surface area contributed by atoms with Gasteiger partial charge in [0.05, 0.1) is 11.9 Å². The van der Waals surface area contributed by atoms with Gasteiger partial charge in [-0.15, -0.1) is 0 Å². The summed E-state index contributed by atoms with van der Waals surface area (Å²) in [7, 11) is 4.11. The molecule has 0 saturated heterocycles. The van der Waals surface area contributed by atoms with Gasteiger partial charge in [0.25, 0.3) is 5.91 Å². The summed E-state index contributed by atoms with van der Waals surface area (Å²) in [6.45, 7) is 3.88. The van der Waals surface area contributed by atoms with Gasteiger partial charge in [0.2, 0.25) is 0 Å². The van der Waals surface area contributed by atoms with Crippen LogP contribution in [0.5, 0.6) is 5.75 Å². The van der Waals surface area contributed by atoms with Gasteiger partial charge in [-0.1, -0.05) is 17.7 Å². The van der Waals surface area contributed by atoms with E-state index in [4.69, 9.17) is 4.74 Å². The molecule has 0 saturated carbocycles. The molecule has 2 N–H and O–H groups in total. The summed E-state index contributed by atoms with van der Waals surface area (Å²) in [6.07, 6.45) is 2.77. The van der Waals surface area contributed by atoms with Crippen LogP contribution in [0, 0.1) is 6.92 Å². The van der Waals surface area contributed by atoms with Crippen LogP contribution >= 0.6 is 0 Å². The van der Waals surface area contributed by atoms with Crippen LogP contribution in [0.4, 0.5) is 11.5 Å². The van der Waals surface area contributed by atoms with Gasteiger partial charge in [-0.05, 0) is 58.3 Å². The lowest BCUT2D eigenvalue weighted by Gasteiger charge is -2.11. The fourth-order valence-electron chi connectivity index (χ4n) is 2.16. The largest absolute Gasteiger partial charge is 0.484 e. The molecule has 0 aliphatic rings. The minimum atomic E-state index is -0.236. The molecule has 0 atom stereocenters. The molecule has 0 aliphatic carbocycles. The Morgan fingerprint density at radius 1 is 1.16 bits per heavy atom. The number of nitrogens with zero attached hydrogens (tertiary/aromatic N) is 2. The quantitative estimate of drug-likeness (QED) is 0.686. The van der Waals surface area contributed by atoms with Gasteiger partial charge in [0.1, 0.15) is 11.6 Å². The number of nitrogens with one attached hydrogen (secondary N) is 2. The van der Waals surface area contributed by atoms with Gasteiger partial charge in [-0.25, -0.2) is 4.98 Å². The molecule has 0 fully saturated rings. The van der Waals surface area contributed by atoms with E-state index in [1.165, 1.54) is 0 Å². The summed E-state index contributed by atoms with van der Waals surface area (Å²) >= 11 is 0. The number of ether oxygens (including phenoxy) is 1. The zero-order valence-electron chi connectivity index (χ0n) is 15.1. The molecular weight excluding hydrogens is 316 g/mol. The topological polar surface area (TPSA) is 66.5 Å². The minimum absolute atomic E-state index is 0.0464. The predicted molar refractivity (Wildman–Crippen MR) is 101 cm³/mol. The van der Waals surface area contributed by atoms with Gasteiger partial charge in [0.15, 0.2) is 6.61 Å². The Morgan fingerprint density at radius 2 is 1.92 bits per heavy atom. The van der Waals surface area contributed by atoms with Crippen LogP contribution in [0.1, 0.15) is 12.0 Å². The monoisotopic (exact) mass is 342 g/mol. The smallest absolute Gasteiger partial charge is 0.263 e. The number of hydrogen-bond acceptors (Lipinski definition) is 5. The first-order valence-corrected chi connectivity index (χ1v) is 8.37. The molecule has 1 heterocycles. The highest BCUT2D eigenvalue weighted by Gasteiger charge is 2.05. The molecule has 1 amide bonds. The van der Waals surface area contributed by atoms with Crippen LogP contribution in [-0.4, -0.2) is 49.6 Å². The third-order valence-electron chi connectivity index (χ3n) is 3.53. The standard InChI is InChI=1S/C19H26N4O2/c1-15-5-8-17(9-6-15)25-14-19(24)22-18-10-7-16(13-21-18)20-11-4-12-23(2)3/h5-10,13,20H,4,11-12,14H2,1-3H3,(H,21,22,24). The van der Waals surface area contributed by atoms with Gasteiger partial charge in [0, 0.05) is 6.54 Å². The second-order valence-corrected chi connectivity index (χ2v) is 6.17. The van der Waals surface area contributed by atoms with E-state index in [1.54, 1.807) is 12.3 Å². The Morgan fingerprint density at radius 3 is 2.56 bits per heavy atom. The maximum absolute atomic E-state index is 11.9.